The molecular formula is C61H121N3O3. The lowest BCUT2D eigenvalue weighted by molar-refractivity contribution is -0.132. The lowest BCUT2D eigenvalue weighted by atomic mass is 10.1. The molecule has 1 rings (SSSR count). The number of nitrogens with zero attached hydrogens (tertiary/aromatic N) is 3. The van der Waals surface area contributed by atoms with E-state index in [2.05, 4.69) is 42.4 Å². The van der Waals surface area contributed by atoms with Gasteiger partial charge in [-0.2, -0.15) is 0 Å². The molecular weight excluding hydrogens is 823 g/mol. The maximum Gasteiger partial charge on any atom is 0.222 e. The normalized spacial score (nSPS) is 15.0. The van der Waals surface area contributed by atoms with Crippen LogP contribution in [-0.4, -0.2) is 83.0 Å². The highest BCUT2D eigenvalue weighted by Gasteiger charge is 2.30. The van der Waals surface area contributed by atoms with Crippen molar-refractivity contribution in [1.29, 1.82) is 0 Å². The first-order valence-corrected chi connectivity index (χ1v) is 31.0. The smallest absolute Gasteiger partial charge is 0.222 e. The summed E-state index contributed by atoms with van der Waals surface area (Å²) in [6.07, 6.45) is 58.3. The summed E-state index contributed by atoms with van der Waals surface area (Å²) in [6.45, 7) is 15.2. The lowest BCUT2D eigenvalue weighted by Crippen LogP contribution is -2.41. The Hall–Kier alpha value is -1.14. The molecule has 1 aliphatic carbocycles. The third-order valence-corrected chi connectivity index (χ3v) is 15.4. The van der Waals surface area contributed by atoms with Crippen LogP contribution >= 0.6 is 0 Å². The first kappa shape index (κ1) is 63.9. The van der Waals surface area contributed by atoms with E-state index in [0.29, 0.717) is 17.9 Å². The molecule has 1 saturated carbocycles. The summed E-state index contributed by atoms with van der Waals surface area (Å²) in [5.41, 5.74) is 0. The molecule has 1 aliphatic rings. The van der Waals surface area contributed by atoms with E-state index in [-0.39, 0.29) is 6.10 Å². The van der Waals surface area contributed by atoms with Gasteiger partial charge in [0.15, 0.2) is 0 Å². The number of rotatable bonds is 53. The first-order valence-electron chi connectivity index (χ1n) is 31.0. The van der Waals surface area contributed by atoms with Gasteiger partial charge in [-0.25, -0.2) is 0 Å². The second-order valence-electron chi connectivity index (χ2n) is 21.8. The topological polar surface area (TPSA) is 64.1 Å². The van der Waals surface area contributed by atoms with Crippen LogP contribution in [0.3, 0.4) is 0 Å². The van der Waals surface area contributed by atoms with Crippen LogP contribution in [0.2, 0.25) is 0 Å². The minimum atomic E-state index is -0.170. The van der Waals surface area contributed by atoms with E-state index in [4.69, 9.17) is 0 Å². The summed E-state index contributed by atoms with van der Waals surface area (Å²) in [7, 11) is 0. The second-order valence-corrected chi connectivity index (χ2v) is 21.8. The number of amides is 2. The molecule has 6 heteroatoms. The lowest BCUT2D eigenvalue weighted by Gasteiger charge is -2.31. The fourth-order valence-electron chi connectivity index (χ4n) is 10.8. The number of unbranched alkanes of at least 4 members (excludes halogenated alkanes) is 36. The van der Waals surface area contributed by atoms with E-state index in [9.17, 15) is 14.7 Å². The Morgan fingerprint density at radius 1 is 0.328 bits per heavy atom. The minimum absolute atomic E-state index is 0.170. The van der Waals surface area contributed by atoms with Crippen molar-refractivity contribution in [3.63, 3.8) is 0 Å². The van der Waals surface area contributed by atoms with Gasteiger partial charge in [0.2, 0.25) is 11.8 Å². The van der Waals surface area contributed by atoms with E-state index in [1.807, 2.05) is 0 Å². The molecule has 0 spiro atoms. The molecule has 0 aliphatic heterocycles. The van der Waals surface area contributed by atoms with Crippen molar-refractivity contribution in [3.8, 4) is 0 Å². The highest BCUT2D eigenvalue weighted by Crippen LogP contribution is 2.26. The molecule has 0 heterocycles. The van der Waals surface area contributed by atoms with Gasteiger partial charge in [0.05, 0.1) is 6.10 Å². The van der Waals surface area contributed by atoms with Gasteiger partial charge in [-0.3, -0.25) is 14.5 Å². The maximum absolute atomic E-state index is 13.5. The van der Waals surface area contributed by atoms with Crippen molar-refractivity contribution in [2.24, 2.45) is 0 Å². The molecule has 2 amide bonds. The average Bonchev–Trinajstić information content (AvgIpc) is 3.77. The number of aliphatic hydroxyl groups excluding tert-OH is 1. The molecule has 0 aromatic rings. The summed E-state index contributed by atoms with van der Waals surface area (Å²) >= 11 is 0. The van der Waals surface area contributed by atoms with Crippen molar-refractivity contribution in [2.75, 3.05) is 39.3 Å². The molecule has 0 aromatic heterocycles. The van der Waals surface area contributed by atoms with E-state index in [1.165, 1.54) is 244 Å². The summed E-state index contributed by atoms with van der Waals surface area (Å²) in [6, 6.07) is 0.330. The Morgan fingerprint density at radius 2 is 0.567 bits per heavy atom. The molecule has 1 N–H and O–H groups in total. The minimum Gasteiger partial charge on any atom is -0.391 e. The fraction of sp³-hybridized carbons (Fsp3) is 0.967. The Kier molecular flexibility index (Phi) is 47.5. The van der Waals surface area contributed by atoms with E-state index < -0.39 is 0 Å². The third-order valence-electron chi connectivity index (χ3n) is 15.4. The first-order chi connectivity index (χ1) is 33.0. The standard InChI is InChI=1S/C61H121N3O3/c1-5-9-13-17-21-25-33-43-54-63(55-44-34-26-22-18-14-10-6-2)60(66)50-39-31-29-37-41-52-62(58-48-47-49-59(58)65)53-42-38-30-32-40-51-61(67)64(56-45-35-27-23-19-15-11-7-3)57-46-36-28-24-20-16-12-8-4/h58-59,65H,5-57H2,1-4H3/t58-,59+/m1/s1. The predicted molar refractivity (Wildman–Crippen MR) is 294 cm³/mol. The van der Waals surface area contributed by atoms with Gasteiger partial charge in [-0.05, 0) is 83.7 Å². The molecule has 0 saturated heterocycles. The van der Waals surface area contributed by atoms with Crippen LogP contribution in [0, 0.1) is 0 Å². The Balaban J connectivity index is 2.41. The number of hydrogen-bond acceptors (Lipinski definition) is 4. The fourth-order valence-corrected chi connectivity index (χ4v) is 10.8. The highest BCUT2D eigenvalue weighted by molar-refractivity contribution is 5.76. The number of aliphatic hydroxyl groups is 1. The van der Waals surface area contributed by atoms with Crippen LogP contribution in [0.25, 0.3) is 0 Å². The van der Waals surface area contributed by atoms with Crippen LogP contribution in [0.5, 0.6) is 0 Å². The van der Waals surface area contributed by atoms with Crippen LogP contribution in [0.4, 0.5) is 0 Å². The summed E-state index contributed by atoms with van der Waals surface area (Å²) < 4.78 is 0. The van der Waals surface area contributed by atoms with Crippen LogP contribution in [-0.2, 0) is 9.59 Å². The monoisotopic (exact) mass is 944 g/mol. The van der Waals surface area contributed by atoms with Gasteiger partial charge in [0, 0.05) is 45.1 Å². The highest BCUT2D eigenvalue weighted by atomic mass is 16.3. The van der Waals surface area contributed by atoms with Crippen molar-refractivity contribution in [1.82, 2.24) is 14.7 Å². The maximum atomic E-state index is 13.5. The molecule has 398 valence electrons. The van der Waals surface area contributed by atoms with Crippen LogP contribution < -0.4 is 0 Å². The van der Waals surface area contributed by atoms with Gasteiger partial charge in [-0.15, -0.1) is 0 Å². The molecule has 67 heavy (non-hydrogen) atoms. The van der Waals surface area contributed by atoms with Crippen molar-refractivity contribution < 1.29 is 14.7 Å². The van der Waals surface area contributed by atoms with Gasteiger partial charge in [-0.1, -0.05) is 246 Å². The van der Waals surface area contributed by atoms with Crippen molar-refractivity contribution >= 4 is 11.8 Å². The zero-order valence-electron chi connectivity index (χ0n) is 46.2. The van der Waals surface area contributed by atoms with Gasteiger partial charge in [0.25, 0.3) is 0 Å². The quantitative estimate of drug-likeness (QED) is 0.0617. The predicted octanol–water partition coefficient (Wildman–Crippen LogP) is 18.1. The molecule has 0 unspecified atom stereocenters. The van der Waals surface area contributed by atoms with Crippen molar-refractivity contribution in [2.45, 2.75) is 342 Å². The molecule has 0 aromatic carbocycles. The van der Waals surface area contributed by atoms with Gasteiger partial charge >= 0.3 is 0 Å². The average molecular weight is 945 g/mol. The Bertz CT molecular complexity index is 929. The number of carbonyl (C=O) groups is 2. The van der Waals surface area contributed by atoms with Crippen molar-refractivity contribution in [3.05, 3.63) is 0 Å². The zero-order valence-corrected chi connectivity index (χ0v) is 46.2. The third kappa shape index (κ3) is 39.2. The number of hydrogen-bond donors (Lipinski definition) is 1. The molecule has 6 nitrogen and oxygen atoms in total. The summed E-state index contributed by atoms with van der Waals surface area (Å²) in [4.78, 5) is 34.0. The van der Waals surface area contributed by atoms with Gasteiger partial charge in [0.1, 0.15) is 0 Å². The molecule has 0 bridgehead atoms. The van der Waals surface area contributed by atoms with Gasteiger partial charge < -0.3 is 14.9 Å². The summed E-state index contributed by atoms with van der Waals surface area (Å²) in [5, 5.41) is 10.9. The largest absolute Gasteiger partial charge is 0.391 e. The molecule has 2 atom stereocenters. The van der Waals surface area contributed by atoms with E-state index in [1.54, 1.807) is 0 Å². The zero-order chi connectivity index (χ0) is 48.5. The van der Waals surface area contributed by atoms with Crippen LogP contribution in [0.15, 0.2) is 0 Å². The Morgan fingerprint density at radius 3 is 0.821 bits per heavy atom. The SMILES string of the molecule is CCCCCCCCCCN(CCCCCCCCCC)C(=O)CCCCCCCN(CCCCCCCC(=O)N(CCCCCCCCCC)CCCCCCCCCC)[C@@H]1CCC[C@@H]1O. The number of carbonyl (C=O) groups excluding carboxylic acids is 2. The molecule has 0 radical (unpaired) electrons. The molecule has 1 fully saturated rings. The second kappa shape index (κ2) is 49.8. The summed E-state index contributed by atoms with van der Waals surface area (Å²) in [5.74, 6) is 0.813. The van der Waals surface area contributed by atoms with Crippen LogP contribution in [0.1, 0.15) is 329 Å². The Labute approximate surface area is 420 Å². The van der Waals surface area contributed by atoms with E-state index in [0.717, 1.165) is 97.1 Å². The van der Waals surface area contributed by atoms with E-state index >= 15 is 0 Å².